The Kier molecular flexibility index (Phi) is 6.65. The molecule has 0 heterocycles. The molecule has 5 nitrogen and oxygen atoms in total. The average Bonchev–Trinajstić information content (AvgIpc) is 2.45. The van der Waals surface area contributed by atoms with Gasteiger partial charge in [0.1, 0.15) is 5.75 Å². The van der Waals surface area contributed by atoms with Crippen molar-refractivity contribution in [1.82, 2.24) is 5.32 Å². The van der Waals surface area contributed by atoms with Gasteiger partial charge in [0, 0.05) is 6.42 Å². The lowest BCUT2D eigenvalue weighted by molar-refractivity contribution is -0.124. The minimum Gasteiger partial charge on any atom is -0.491 e. The number of carbonyl (C=O) groups excluding carboxylic acids is 1. The van der Waals surface area contributed by atoms with Crippen LogP contribution in [0.2, 0.25) is 0 Å². The maximum atomic E-state index is 11.7. The molecule has 1 rings (SSSR count). The number of rotatable bonds is 9. The maximum Gasteiger partial charge on any atom is 0.237 e. The predicted octanol–water partition coefficient (Wildman–Crippen LogP) is 1.58. The van der Waals surface area contributed by atoms with E-state index in [1.54, 1.807) is 13.0 Å². The highest BCUT2D eigenvalue weighted by molar-refractivity contribution is 5.84. The van der Waals surface area contributed by atoms with E-state index in [1.807, 2.05) is 32.0 Å². The van der Waals surface area contributed by atoms with Gasteiger partial charge in [-0.15, -0.1) is 0 Å². The van der Waals surface area contributed by atoms with E-state index in [1.165, 1.54) is 0 Å². The second-order valence-corrected chi connectivity index (χ2v) is 5.56. The summed E-state index contributed by atoms with van der Waals surface area (Å²) in [6, 6.07) is 7.28. The van der Waals surface area contributed by atoms with Crippen LogP contribution < -0.4 is 15.8 Å². The van der Waals surface area contributed by atoms with Crippen LogP contribution in [0.5, 0.6) is 5.75 Å². The van der Waals surface area contributed by atoms with Crippen LogP contribution in [0.25, 0.3) is 0 Å². The topological polar surface area (TPSA) is 84.6 Å². The number of aliphatic hydroxyl groups excluding tert-OH is 1. The van der Waals surface area contributed by atoms with Crippen molar-refractivity contribution in [1.29, 1.82) is 0 Å². The largest absolute Gasteiger partial charge is 0.491 e. The number of carbonyl (C=O) groups is 1. The number of benzene rings is 1. The third-order valence-electron chi connectivity index (χ3n) is 3.42. The Hall–Kier alpha value is -1.59. The summed E-state index contributed by atoms with van der Waals surface area (Å²) in [4.78, 5) is 11.7. The van der Waals surface area contributed by atoms with E-state index in [4.69, 9.17) is 15.6 Å². The van der Waals surface area contributed by atoms with Crippen LogP contribution >= 0.6 is 0 Å². The molecule has 21 heavy (non-hydrogen) atoms. The van der Waals surface area contributed by atoms with Gasteiger partial charge in [-0.25, -0.2) is 0 Å². The van der Waals surface area contributed by atoms with E-state index in [0.717, 1.165) is 18.5 Å². The number of ether oxygens (including phenoxy) is 1. The van der Waals surface area contributed by atoms with Crippen molar-refractivity contribution in [3.63, 3.8) is 0 Å². The van der Waals surface area contributed by atoms with E-state index in [0.29, 0.717) is 12.2 Å². The van der Waals surface area contributed by atoms with Crippen molar-refractivity contribution in [3.05, 3.63) is 29.8 Å². The second-order valence-electron chi connectivity index (χ2n) is 5.56. The zero-order chi connectivity index (χ0) is 15.9. The number of hydrogen-bond donors (Lipinski definition) is 3. The predicted molar refractivity (Wildman–Crippen MR) is 83.0 cm³/mol. The Morgan fingerprint density at radius 3 is 2.81 bits per heavy atom. The molecule has 0 aromatic heterocycles. The molecular formula is C16H26N2O3. The summed E-state index contributed by atoms with van der Waals surface area (Å²) in [5, 5.41) is 12.3. The molecule has 118 valence electrons. The number of aliphatic hydroxyl groups is 1. The quantitative estimate of drug-likeness (QED) is 0.645. The molecule has 2 atom stereocenters. The van der Waals surface area contributed by atoms with Gasteiger partial charge in [-0.3, -0.25) is 4.79 Å². The fourth-order valence-electron chi connectivity index (χ4n) is 2.23. The van der Waals surface area contributed by atoms with Crippen molar-refractivity contribution in [2.75, 3.05) is 6.54 Å². The van der Waals surface area contributed by atoms with Crippen LogP contribution in [0.4, 0.5) is 0 Å². The van der Waals surface area contributed by atoms with Crippen molar-refractivity contribution in [2.45, 2.75) is 51.9 Å². The van der Waals surface area contributed by atoms with Crippen molar-refractivity contribution in [2.24, 2.45) is 5.73 Å². The summed E-state index contributed by atoms with van der Waals surface area (Å²) >= 11 is 0. The number of hydrogen-bond acceptors (Lipinski definition) is 4. The summed E-state index contributed by atoms with van der Waals surface area (Å²) in [5.74, 6) is 0.298. The lowest BCUT2D eigenvalue weighted by atomic mass is 9.93. The van der Waals surface area contributed by atoms with Gasteiger partial charge in [0.05, 0.1) is 18.2 Å². The minimum absolute atomic E-state index is 0.0252. The third kappa shape index (κ3) is 5.36. The first kappa shape index (κ1) is 17.5. The molecule has 2 unspecified atom stereocenters. The molecule has 0 saturated carbocycles. The molecule has 0 aliphatic carbocycles. The average molecular weight is 294 g/mol. The molecule has 5 heteroatoms. The first-order valence-electron chi connectivity index (χ1n) is 7.32. The van der Waals surface area contributed by atoms with Gasteiger partial charge in [0.25, 0.3) is 0 Å². The van der Waals surface area contributed by atoms with Crippen molar-refractivity contribution < 1.29 is 14.6 Å². The standard InChI is InChI=1S/C16H26N2O3/c1-4-8-18-16(3,15(17)20)10-12(2)21-14-7-5-6-13(9-14)11-19/h5-7,9,12,18-19H,4,8,10-11H2,1-3H3,(H2,17,20). The lowest BCUT2D eigenvalue weighted by Crippen LogP contribution is -2.55. The molecule has 0 saturated heterocycles. The molecule has 0 aliphatic rings. The molecule has 1 aromatic rings. The Labute approximate surface area is 126 Å². The van der Waals surface area contributed by atoms with Crippen molar-refractivity contribution in [3.8, 4) is 5.75 Å². The third-order valence-corrected chi connectivity index (χ3v) is 3.42. The molecule has 4 N–H and O–H groups in total. The van der Waals surface area contributed by atoms with Crippen LogP contribution in [-0.4, -0.2) is 29.2 Å². The molecular weight excluding hydrogens is 268 g/mol. The summed E-state index contributed by atoms with van der Waals surface area (Å²) in [6.07, 6.45) is 1.23. The van der Waals surface area contributed by atoms with E-state index in [-0.39, 0.29) is 18.6 Å². The van der Waals surface area contributed by atoms with Crippen molar-refractivity contribution >= 4 is 5.91 Å². The molecule has 0 bridgehead atoms. The Balaban J connectivity index is 2.68. The minimum atomic E-state index is -0.788. The van der Waals surface area contributed by atoms with Crippen LogP contribution in [0.3, 0.4) is 0 Å². The van der Waals surface area contributed by atoms with Crippen LogP contribution in [0, 0.1) is 0 Å². The van der Waals surface area contributed by atoms with Gasteiger partial charge in [-0.05, 0) is 44.5 Å². The van der Waals surface area contributed by atoms with Gasteiger partial charge < -0.3 is 20.9 Å². The van der Waals surface area contributed by atoms with Crippen LogP contribution in [-0.2, 0) is 11.4 Å². The molecule has 0 fully saturated rings. The van der Waals surface area contributed by atoms with Gasteiger partial charge in [0.2, 0.25) is 5.91 Å². The van der Waals surface area contributed by atoms with Gasteiger partial charge in [-0.2, -0.15) is 0 Å². The van der Waals surface area contributed by atoms with Crippen LogP contribution in [0.15, 0.2) is 24.3 Å². The molecule has 0 aliphatic heterocycles. The highest BCUT2D eigenvalue weighted by Gasteiger charge is 2.32. The zero-order valence-corrected chi connectivity index (χ0v) is 13.1. The number of primary amides is 1. The molecule has 0 spiro atoms. The summed E-state index contributed by atoms with van der Waals surface area (Å²) in [5.41, 5.74) is 5.51. The molecule has 1 amide bonds. The van der Waals surface area contributed by atoms with E-state index in [9.17, 15) is 4.79 Å². The first-order valence-corrected chi connectivity index (χ1v) is 7.32. The van der Waals surface area contributed by atoms with Crippen LogP contribution in [0.1, 0.15) is 39.2 Å². The SMILES string of the molecule is CCCNC(C)(CC(C)Oc1cccc(CO)c1)C(N)=O. The number of nitrogens with two attached hydrogens (primary N) is 1. The Morgan fingerprint density at radius 2 is 2.24 bits per heavy atom. The van der Waals surface area contributed by atoms with E-state index in [2.05, 4.69) is 5.32 Å². The zero-order valence-electron chi connectivity index (χ0n) is 13.1. The fraction of sp³-hybridized carbons (Fsp3) is 0.562. The highest BCUT2D eigenvalue weighted by Crippen LogP contribution is 2.19. The summed E-state index contributed by atoms with van der Waals surface area (Å²) in [7, 11) is 0. The maximum absolute atomic E-state index is 11.7. The smallest absolute Gasteiger partial charge is 0.237 e. The van der Waals surface area contributed by atoms with E-state index >= 15 is 0 Å². The molecule has 0 radical (unpaired) electrons. The lowest BCUT2D eigenvalue weighted by Gasteiger charge is -2.30. The van der Waals surface area contributed by atoms with Gasteiger partial charge in [-0.1, -0.05) is 19.1 Å². The Bertz CT molecular complexity index is 465. The monoisotopic (exact) mass is 294 g/mol. The first-order chi connectivity index (χ1) is 9.91. The second kappa shape index (κ2) is 8.00. The fourth-order valence-corrected chi connectivity index (χ4v) is 2.23. The molecule has 1 aromatic carbocycles. The van der Waals surface area contributed by atoms with Gasteiger partial charge in [0.15, 0.2) is 0 Å². The van der Waals surface area contributed by atoms with E-state index < -0.39 is 5.54 Å². The Morgan fingerprint density at radius 1 is 1.52 bits per heavy atom. The highest BCUT2D eigenvalue weighted by atomic mass is 16.5. The normalized spacial score (nSPS) is 15.2. The number of amides is 1. The summed E-state index contributed by atoms with van der Waals surface area (Å²) < 4.78 is 5.82. The number of nitrogens with one attached hydrogen (secondary N) is 1. The summed E-state index contributed by atoms with van der Waals surface area (Å²) in [6.45, 7) is 6.44. The van der Waals surface area contributed by atoms with Gasteiger partial charge >= 0.3 is 0 Å².